The van der Waals surface area contributed by atoms with Gasteiger partial charge in [-0.25, -0.2) is 4.79 Å². The number of esters is 1. The Morgan fingerprint density at radius 2 is 1.48 bits per heavy atom. The third-order valence-corrected chi connectivity index (χ3v) is 5.77. The van der Waals surface area contributed by atoms with Gasteiger partial charge in [-0.3, -0.25) is 4.79 Å². The molecular formula is C23H17Cl4NO3. The summed E-state index contributed by atoms with van der Waals surface area (Å²) >= 11 is 24.4. The standard InChI is InChI=1S/C23H17Cl4NO3/c1-2-31-23(30)14-4-8-18(9-5-14)28(13-16-3-7-17(24)12-20(16)26)22(29)15-6-10-19(25)21(27)11-15/h3-12H,2,13H2,1H3. The van der Waals surface area contributed by atoms with E-state index in [1.807, 2.05) is 0 Å². The molecule has 0 aliphatic heterocycles. The van der Waals surface area contributed by atoms with Crippen LogP contribution in [-0.2, 0) is 11.3 Å². The number of benzene rings is 3. The summed E-state index contributed by atoms with van der Waals surface area (Å²) < 4.78 is 5.02. The van der Waals surface area contributed by atoms with Crippen LogP contribution in [0.4, 0.5) is 5.69 Å². The third kappa shape index (κ3) is 5.72. The van der Waals surface area contributed by atoms with Crippen LogP contribution in [0.1, 0.15) is 33.2 Å². The molecule has 0 heterocycles. The summed E-state index contributed by atoms with van der Waals surface area (Å²) in [5, 5.41) is 1.55. The van der Waals surface area contributed by atoms with Crippen molar-refractivity contribution in [1.82, 2.24) is 0 Å². The van der Waals surface area contributed by atoms with Gasteiger partial charge in [0.05, 0.1) is 28.8 Å². The van der Waals surface area contributed by atoms with Crippen molar-refractivity contribution in [2.45, 2.75) is 13.5 Å². The minimum absolute atomic E-state index is 0.174. The lowest BCUT2D eigenvalue weighted by atomic mass is 10.1. The second kappa shape index (κ2) is 10.4. The van der Waals surface area contributed by atoms with E-state index in [9.17, 15) is 9.59 Å². The number of hydrogen-bond donors (Lipinski definition) is 0. The number of amides is 1. The van der Waals surface area contributed by atoms with Crippen LogP contribution >= 0.6 is 46.4 Å². The van der Waals surface area contributed by atoms with E-state index in [1.165, 1.54) is 11.0 Å². The summed E-state index contributed by atoms with van der Waals surface area (Å²) in [5.41, 5.74) is 2.01. The molecule has 0 saturated carbocycles. The zero-order valence-corrected chi connectivity index (χ0v) is 19.4. The molecule has 0 atom stereocenters. The minimum Gasteiger partial charge on any atom is -0.462 e. The molecule has 3 aromatic rings. The van der Waals surface area contributed by atoms with Crippen molar-refractivity contribution in [3.05, 3.63) is 97.4 Å². The summed E-state index contributed by atoms with van der Waals surface area (Å²) in [6.45, 7) is 2.19. The van der Waals surface area contributed by atoms with E-state index in [4.69, 9.17) is 51.1 Å². The van der Waals surface area contributed by atoms with Crippen molar-refractivity contribution in [3.8, 4) is 0 Å². The zero-order valence-electron chi connectivity index (χ0n) is 16.4. The Morgan fingerprint density at radius 1 is 0.806 bits per heavy atom. The molecular weight excluding hydrogens is 480 g/mol. The van der Waals surface area contributed by atoms with Crippen LogP contribution < -0.4 is 4.90 Å². The van der Waals surface area contributed by atoms with Gasteiger partial charge < -0.3 is 9.64 Å². The van der Waals surface area contributed by atoms with Crippen LogP contribution in [0.15, 0.2) is 60.7 Å². The van der Waals surface area contributed by atoms with Gasteiger partial charge in [0, 0.05) is 21.3 Å². The molecule has 3 aromatic carbocycles. The highest BCUT2D eigenvalue weighted by molar-refractivity contribution is 6.42. The first-order valence-corrected chi connectivity index (χ1v) is 10.8. The number of halogens is 4. The number of carbonyl (C=O) groups is 2. The van der Waals surface area contributed by atoms with Crippen LogP contribution in [0.25, 0.3) is 0 Å². The van der Waals surface area contributed by atoms with Gasteiger partial charge in [-0.15, -0.1) is 0 Å². The van der Waals surface area contributed by atoms with Crippen LogP contribution in [-0.4, -0.2) is 18.5 Å². The third-order valence-electron chi connectivity index (χ3n) is 4.45. The van der Waals surface area contributed by atoms with Gasteiger partial charge in [-0.2, -0.15) is 0 Å². The molecule has 31 heavy (non-hydrogen) atoms. The fourth-order valence-electron chi connectivity index (χ4n) is 2.88. The van der Waals surface area contributed by atoms with Crippen molar-refractivity contribution in [2.75, 3.05) is 11.5 Å². The molecule has 0 unspecified atom stereocenters. The molecule has 4 nitrogen and oxygen atoms in total. The fourth-order valence-corrected chi connectivity index (χ4v) is 3.64. The summed E-state index contributed by atoms with van der Waals surface area (Å²) in [7, 11) is 0. The number of carbonyl (C=O) groups excluding carboxylic acids is 2. The van der Waals surface area contributed by atoms with Gasteiger partial charge in [0.1, 0.15) is 0 Å². The van der Waals surface area contributed by atoms with E-state index in [0.29, 0.717) is 37.4 Å². The van der Waals surface area contributed by atoms with Crippen LogP contribution in [0, 0.1) is 0 Å². The van der Waals surface area contributed by atoms with Crippen molar-refractivity contribution in [1.29, 1.82) is 0 Å². The first kappa shape index (κ1) is 23.4. The average molecular weight is 497 g/mol. The predicted octanol–water partition coefficient (Wildman–Crippen LogP) is 7.32. The van der Waals surface area contributed by atoms with E-state index >= 15 is 0 Å². The molecule has 1 amide bonds. The number of rotatable bonds is 6. The van der Waals surface area contributed by atoms with Gasteiger partial charge in [0.25, 0.3) is 5.91 Å². The first-order chi connectivity index (χ1) is 14.8. The topological polar surface area (TPSA) is 46.6 Å². The summed E-state index contributed by atoms with van der Waals surface area (Å²) in [6, 6.07) is 16.3. The van der Waals surface area contributed by atoms with Crippen molar-refractivity contribution >= 4 is 64.0 Å². The SMILES string of the molecule is CCOC(=O)c1ccc(N(Cc2ccc(Cl)cc2Cl)C(=O)c2ccc(Cl)c(Cl)c2)cc1. The van der Waals surface area contributed by atoms with Crippen molar-refractivity contribution < 1.29 is 14.3 Å². The number of hydrogen-bond acceptors (Lipinski definition) is 3. The van der Waals surface area contributed by atoms with Crippen molar-refractivity contribution in [2.24, 2.45) is 0 Å². The summed E-state index contributed by atoms with van der Waals surface area (Å²) in [4.78, 5) is 26.9. The van der Waals surface area contributed by atoms with Gasteiger partial charge >= 0.3 is 5.97 Å². The Labute approximate surface area is 200 Å². The Hall–Kier alpha value is -2.24. The highest BCUT2D eigenvalue weighted by atomic mass is 35.5. The number of anilines is 1. The van der Waals surface area contributed by atoms with Gasteiger partial charge in [0.2, 0.25) is 0 Å². The van der Waals surface area contributed by atoms with Gasteiger partial charge in [0.15, 0.2) is 0 Å². The highest BCUT2D eigenvalue weighted by Crippen LogP contribution is 2.28. The maximum atomic E-state index is 13.4. The van der Waals surface area contributed by atoms with Crippen molar-refractivity contribution in [3.63, 3.8) is 0 Å². The van der Waals surface area contributed by atoms with Crippen LogP contribution in [0.2, 0.25) is 20.1 Å². The molecule has 160 valence electrons. The molecule has 0 aliphatic rings. The zero-order chi connectivity index (χ0) is 22.5. The summed E-state index contributed by atoms with van der Waals surface area (Å²) in [5.74, 6) is -0.745. The fraction of sp³-hybridized carbons (Fsp3) is 0.130. The molecule has 8 heteroatoms. The molecule has 0 aliphatic carbocycles. The van der Waals surface area contributed by atoms with Crippen LogP contribution in [0.5, 0.6) is 0 Å². The molecule has 0 saturated heterocycles. The predicted molar refractivity (Wildman–Crippen MR) is 126 cm³/mol. The molecule has 0 spiro atoms. The lowest BCUT2D eigenvalue weighted by Crippen LogP contribution is -2.30. The Bertz CT molecular complexity index is 1120. The smallest absolute Gasteiger partial charge is 0.338 e. The Balaban J connectivity index is 2.00. The van der Waals surface area contributed by atoms with E-state index in [1.54, 1.807) is 61.5 Å². The molecule has 0 N–H and O–H groups in total. The monoisotopic (exact) mass is 495 g/mol. The molecule has 0 aromatic heterocycles. The normalized spacial score (nSPS) is 10.6. The van der Waals surface area contributed by atoms with E-state index in [-0.39, 0.29) is 24.1 Å². The highest BCUT2D eigenvalue weighted by Gasteiger charge is 2.21. The Kier molecular flexibility index (Phi) is 7.84. The van der Waals surface area contributed by atoms with E-state index < -0.39 is 5.97 Å². The van der Waals surface area contributed by atoms with Crippen LogP contribution in [0.3, 0.4) is 0 Å². The number of ether oxygens (including phenoxy) is 1. The van der Waals surface area contributed by atoms with Gasteiger partial charge in [-0.05, 0) is 67.1 Å². The second-order valence-electron chi connectivity index (χ2n) is 6.52. The maximum absolute atomic E-state index is 13.4. The quantitative estimate of drug-likeness (QED) is 0.335. The van der Waals surface area contributed by atoms with E-state index in [0.717, 1.165) is 0 Å². The average Bonchev–Trinajstić information content (AvgIpc) is 2.75. The largest absolute Gasteiger partial charge is 0.462 e. The lowest BCUT2D eigenvalue weighted by Gasteiger charge is -2.24. The van der Waals surface area contributed by atoms with E-state index in [2.05, 4.69) is 0 Å². The molecule has 0 radical (unpaired) electrons. The van der Waals surface area contributed by atoms with Gasteiger partial charge in [-0.1, -0.05) is 52.5 Å². The maximum Gasteiger partial charge on any atom is 0.338 e. The lowest BCUT2D eigenvalue weighted by molar-refractivity contribution is 0.0526. The summed E-state index contributed by atoms with van der Waals surface area (Å²) in [6.07, 6.45) is 0. The second-order valence-corrected chi connectivity index (χ2v) is 8.18. The Morgan fingerprint density at radius 3 is 2.10 bits per heavy atom. The first-order valence-electron chi connectivity index (χ1n) is 9.28. The molecule has 0 bridgehead atoms. The number of nitrogens with zero attached hydrogens (tertiary/aromatic N) is 1. The molecule has 3 rings (SSSR count). The molecule has 0 fully saturated rings. The minimum atomic E-state index is -0.433.